The highest BCUT2D eigenvalue weighted by molar-refractivity contribution is 9.10. The maximum absolute atomic E-state index is 5.73. The van der Waals surface area contributed by atoms with Gasteiger partial charge in [0, 0.05) is 19.8 Å². The van der Waals surface area contributed by atoms with Crippen LogP contribution in [0.4, 0.5) is 5.82 Å². The number of aromatic nitrogens is 2. The van der Waals surface area contributed by atoms with E-state index >= 15 is 0 Å². The highest BCUT2D eigenvalue weighted by Gasteiger charge is 2.08. The van der Waals surface area contributed by atoms with Gasteiger partial charge in [0.05, 0.1) is 4.47 Å². The van der Waals surface area contributed by atoms with Gasteiger partial charge in [0.25, 0.3) is 0 Å². The zero-order valence-corrected chi connectivity index (χ0v) is 10.6. The lowest BCUT2D eigenvalue weighted by Crippen LogP contribution is -2.20. The Labute approximate surface area is 97.6 Å². The van der Waals surface area contributed by atoms with Crippen LogP contribution in [0.5, 0.6) is 0 Å². The van der Waals surface area contributed by atoms with Crippen molar-refractivity contribution in [3.63, 3.8) is 0 Å². The molecule has 1 aromatic rings. The molecule has 0 unspecified atom stereocenters. The fourth-order valence-corrected chi connectivity index (χ4v) is 1.73. The number of hydrogen-bond donors (Lipinski definition) is 0. The third-order valence-corrected chi connectivity index (χ3v) is 2.65. The van der Waals surface area contributed by atoms with Crippen LogP contribution in [-0.4, -0.2) is 23.6 Å². The molecule has 0 aliphatic rings. The molecule has 0 radical (unpaired) electrons. The van der Waals surface area contributed by atoms with Crippen molar-refractivity contribution in [1.82, 2.24) is 9.97 Å². The van der Waals surface area contributed by atoms with Gasteiger partial charge in [0.15, 0.2) is 0 Å². The molecule has 1 heterocycles. The molecule has 0 aliphatic heterocycles. The minimum absolute atomic E-state index is 0.284. The monoisotopic (exact) mass is 277 g/mol. The van der Waals surface area contributed by atoms with Gasteiger partial charge in [-0.3, -0.25) is 0 Å². The Morgan fingerprint density at radius 2 is 2.29 bits per heavy atom. The zero-order valence-electron chi connectivity index (χ0n) is 8.30. The van der Waals surface area contributed by atoms with Gasteiger partial charge in [-0.05, 0) is 34.0 Å². The molecule has 0 saturated carbocycles. The molecule has 5 heteroatoms. The van der Waals surface area contributed by atoms with Crippen molar-refractivity contribution in [2.24, 2.45) is 0 Å². The van der Waals surface area contributed by atoms with E-state index < -0.39 is 0 Å². The molecular formula is C9H13BrClN3. The minimum atomic E-state index is 0.284. The third-order valence-electron chi connectivity index (χ3n) is 1.90. The lowest BCUT2D eigenvalue weighted by molar-refractivity contribution is 0.757. The Hall–Kier alpha value is -0.350. The van der Waals surface area contributed by atoms with Crippen LogP contribution in [0.1, 0.15) is 19.8 Å². The van der Waals surface area contributed by atoms with E-state index in [9.17, 15) is 0 Å². The average Bonchev–Trinajstić information content (AvgIpc) is 2.18. The number of rotatable bonds is 4. The number of unbranched alkanes of at least 4 members (excludes halogenated alkanes) is 1. The summed E-state index contributed by atoms with van der Waals surface area (Å²) in [6.45, 7) is 3.14. The number of halogens is 2. The second-order valence-corrected chi connectivity index (χ2v) is 4.28. The van der Waals surface area contributed by atoms with Crippen molar-refractivity contribution >= 4 is 33.3 Å². The number of hydrogen-bond acceptors (Lipinski definition) is 3. The summed E-state index contributed by atoms with van der Waals surface area (Å²) < 4.78 is 0.875. The van der Waals surface area contributed by atoms with Gasteiger partial charge in [-0.1, -0.05) is 13.3 Å². The van der Waals surface area contributed by atoms with Crippen molar-refractivity contribution in [2.45, 2.75) is 19.8 Å². The summed E-state index contributed by atoms with van der Waals surface area (Å²) in [7, 11) is 2.00. The maximum Gasteiger partial charge on any atom is 0.224 e. The maximum atomic E-state index is 5.73. The molecule has 0 amide bonds. The van der Waals surface area contributed by atoms with Gasteiger partial charge in [0.1, 0.15) is 5.82 Å². The quantitative estimate of drug-likeness (QED) is 0.792. The minimum Gasteiger partial charge on any atom is -0.359 e. The first kappa shape index (κ1) is 11.7. The molecule has 1 aromatic heterocycles. The van der Waals surface area contributed by atoms with Gasteiger partial charge in [0.2, 0.25) is 5.28 Å². The summed E-state index contributed by atoms with van der Waals surface area (Å²) in [5, 5.41) is 0.284. The fourth-order valence-electron chi connectivity index (χ4n) is 1.11. The average molecular weight is 279 g/mol. The SMILES string of the molecule is CCCCN(C)c1nc(Cl)ncc1Br. The van der Waals surface area contributed by atoms with E-state index in [4.69, 9.17) is 11.6 Å². The van der Waals surface area contributed by atoms with Crippen molar-refractivity contribution in [3.05, 3.63) is 16.0 Å². The van der Waals surface area contributed by atoms with Crippen molar-refractivity contribution < 1.29 is 0 Å². The summed E-state index contributed by atoms with van der Waals surface area (Å²) >= 11 is 9.12. The summed E-state index contributed by atoms with van der Waals surface area (Å²) in [6.07, 6.45) is 3.98. The van der Waals surface area contributed by atoms with Gasteiger partial charge >= 0.3 is 0 Å². The van der Waals surface area contributed by atoms with Crippen LogP contribution < -0.4 is 4.90 Å². The molecular weight excluding hydrogens is 265 g/mol. The summed E-state index contributed by atoms with van der Waals surface area (Å²) in [5.41, 5.74) is 0. The predicted molar refractivity (Wildman–Crippen MR) is 62.9 cm³/mol. The first-order valence-corrected chi connectivity index (χ1v) is 5.71. The van der Waals surface area contributed by atoms with Crippen LogP contribution in [0.2, 0.25) is 5.28 Å². The lowest BCUT2D eigenvalue weighted by atomic mass is 10.3. The fraction of sp³-hybridized carbons (Fsp3) is 0.556. The normalized spacial score (nSPS) is 10.3. The molecule has 78 valence electrons. The Morgan fingerprint density at radius 1 is 1.57 bits per heavy atom. The van der Waals surface area contributed by atoms with E-state index in [-0.39, 0.29) is 5.28 Å². The Balaban J connectivity index is 2.77. The Kier molecular flexibility index (Phi) is 4.62. The van der Waals surface area contributed by atoms with Crippen molar-refractivity contribution in [3.8, 4) is 0 Å². The van der Waals surface area contributed by atoms with Crippen molar-refractivity contribution in [2.75, 3.05) is 18.5 Å². The molecule has 0 aliphatic carbocycles. The van der Waals surface area contributed by atoms with Crippen LogP contribution in [0.3, 0.4) is 0 Å². The van der Waals surface area contributed by atoms with Gasteiger partial charge in [-0.2, -0.15) is 4.98 Å². The Morgan fingerprint density at radius 3 is 2.93 bits per heavy atom. The third kappa shape index (κ3) is 3.10. The number of nitrogens with zero attached hydrogens (tertiary/aromatic N) is 3. The molecule has 0 saturated heterocycles. The zero-order chi connectivity index (χ0) is 10.6. The smallest absolute Gasteiger partial charge is 0.224 e. The van der Waals surface area contributed by atoms with E-state index in [1.807, 2.05) is 7.05 Å². The highest BCUT2D eigenvalue weighted by Crippen LogP contribution is 2.23. The van der Waals surface area contributed by atoms with Gasteiger partial charge in [-0.25, -0.2) is 4.98 Å². The molecule has 3 nitrogen and oxygen atoms in total. The molecule has 0 atom stereocenters. The first-order chi connectivity index (χ1) is 6.65. The number of anilines is 1. The molecule has 0 aromatic carbocycles. The van der Waals surface area contributed by atoms with E-state index in [0.717, 1.165) is 23.3 Å². The van der Waals surface area contributed by atoms with Crippen LogP contribution in [-0.2, 0) is 0 Å². The molecule has 0 bridgehead atoms. The summed E-state index contributed by atoms with van der Waals surface area (Å²) in [4.78, 5) is 10.1. The highest BCUT2D eigenvalue weighted by atomic mass is 79.9. The second-order valence-electron chi connectivity index (χ2n) is 3.09. The summed E-state index contributed by atoms with van der Waals surface area (Å²) in [5.74, 6) is 0.846. The van der Waals surface area contributed by atoms with Crippen LogP contribution >= 0.6 is 27.5 Å². The molecule has 0 N–H and O–H groups in total. The van der Waals surface area contributed by atoms with Crippen LogP contribution in [0.25, 0.3) is 0 Å². The lowest BCUT2D eigenvalue weighted by Gasteiger charge is -2.18. The molecule has 1 rings (SSSR count). The Bertz CT molecular complexity index is 306. The molecule has 14 heavy (non-hydrogen) atoms. The van der Waals surface area contributed by atoms with Gasteiger partial charge < -0.3 is 4.90 Å². The first-order valence-electron chi connectivity index (χ1n) is 4.54. The van der Waals surface area contributed by atoms with Gasteiger partial charge in [-0.15, -0.1) is 0 Å². The standard InChI is InChI=1S/C9H13BrClN3/c1-3-4-5-14(2)8-7(10)6-12-9(11)13-8/h6H,3-5H2,1-2H3. The molecule has 0 spiro atoms. The molecule has 0 fully saturated rings. The second kappa shape index (κ2) is 5.51. The van der Waals surface area contributed by atoms with Crippen LogP contribution in [0.15, 0.2) is 10.7 Å². The topological polar surface area (TPSA) is 29.0 Å². The van der Waals surface area contributed by atoms with Crippen LogP contribution in [0, 0.1) is 0 Å². The van der Waals surface area contributed by atoms with E-state index in [2.05, 4.69) is 37.7 Å². The predicted octanol–water partition coefficient (Wildman–Crippen LogP) is 3.13. The summed E-state index contributed by atoms with van der Waals surface area (Å²) in [6, 6.07) is 0. The van der Waals surface area contributed by atoms with Crippen molar-refractivity contribution in [1.29, 1.82) is 0 Å². The largest absolute Gasteiger partial charge is 0.359 e. The van der Waals surface area contributed by atoms with E-state index in [1.54, 1.807) is 6.20 Å². The van der Waals surface area contributed by atoms with E-state index in [1.165, 1.54) is 6.42 Å². The van der Waals surface area contributed by atoms with E-state index in [0.29, 0.717) is 0 Å².